The highest BCUT2D eigenvalue weighted by Gasteiger charge is 2.25. The van der Waals surface area contributed by atoms with E-state index in [4.69, 9.17) is 42.6 Å². The molecule has 1 heterocycles. The lowest BCUT2D eigenvalue weighted by Gasteiger charge is -2.14. The maximum Gasteiger partial charge on any atom is 0.196 e. The van der Waals surface area contributed by atoms with Crippen molar-refractivity contribution in [2.24, 2.45) is 0 Å². The van der Waals surface area contributed by atoms with Crippen molar-refractivity contribution < 1.29 is 42.6 Å². The standard InChI is InChI=1S/C48H49O9S/c1-7-49-32(4)52-35-10-16-38(17-11-35)55-41-22-26-44(27-23-41)58-47-28-24-42(56-39-18-12-36(13-19-39)53-33(5)50-8-2)30-45(47)46-31-43(25-29-48(46)58)57-40-20-14-37(15-21-40)54-34(6)51-9-3/h10-34H,7-9H2,1-6H3/q+1. The molecule has 1 aromatic heterocycles. The van der Waals surface area contributed by atoms with Crippen LogP contribution in [0.1, 0.15) is 41.5 Å². The van der Waals surface area contributed by atoms with Gasteiger partial charge in [0.1, 0.15) is 51.7 Å². The number of ether oxygens (including phenoxy) is 9. The minimum atomic E-state index is -0.389. The molecule has 9 nitrogen and oxygen atoms in total. The minimum Gasteiger partial charge on any atom is -0.465 e. The minimum absolute atomic E-state index is 0.324. The highest BCUT2D eigenvalue weighted by atomic mass is 32.2. The van der Waals surface area contributed by atoms with Crippen LogP contribution in [0, 0.1) is 0 Å². The maximum atomic E-state index is 6.39. The number of thiophene rings is 1. The van der Waals surface area contributed by atoms with Crippen molar-refractivity contribution in [2.45, 2.75) is 60.4 Å². The van der Waals surface area contributed by atoms with Crippen molar-refractivity contribution in [1.82, 2.24) is 0 Å². The second-order valence-electron chi connectivity index (χ2n) is 13.2. The fourth-order valence-electron chi connectivity index (χ4n) is 6.49. The summed E-state index contributed by atoms with van der Waals surface area (Å²) in [6, 6.07) is 43.6. The largest absolute Gasteiger partial charge is 0.465 e. The maximum absolute atomic E-state index is 6.39. The first-order valence-corrected chi connectivity index (χ1v) is 20.8. The van der Waals surface area contributed by atoms with Crippen LogP contribution in [-0.2, 0) is 14.2 Å². The van der Waals surface area contributed by atoms with Crippen LogP contribution in [-0.4, -0.2) is 38.7 Å². The highest BCUT2D eigenvalue weighted by molar-refractivity contribution is 7.50. The van der Waals surface area contributed by atoms with Crippen LogP contribution in [0.3, 0.4) is 0 Å². The third-order valence-corrected chi connectivity index (χ3v) is 11.3. The van der Waals surface area contributed by atoms with Crippen molar-refractivity contribution in [3.05, 3.63) is 133 Å². The van der Waals surface area contributed by atoms with E-state index in [0.29, 0.717) is 48.6 Å². The molecule has 0 amide bonds. The third-order valence-electron chi connectivity index (χ3n) is 8.98. The molecule has 0 N–H and O–H groups in total. The molecule has 3 atom stereocenters. The Bertz CT molecular complexity index is 2260. The van der Waals surface area contributed by atoms with Crippen LogP contribution in [0.2, 0.25) is 0 Å². The molecule has 58 heavy (non-hydrogen) atoms. The van der Waals surface area contributed by atoms with Gasteiger partial charge in [0.25, 0.3) is 0 Å². The summed E-state index contributed by atoms with van der Waals surface area (Å²) in [4.78, 5) is 1.16. The van der Waals surface area contributed by atoms with Gasteiger partial charge in [-0.25, -0.2) is 0 Å². The molecular weight excluding hydrogens is 753 g/mol. The van der Waals surface area contributed by atoms with Gasteiger partial charge in [-0.1, -0.05) is 0 Å². The van der Waals surface area contributed by atoms with Gasteiger partial charge in [0.15, 0.2) is 33.2 Å². The van der Waals surface area contributed by atoms with Crippen LogP contribution >= 0.6 is 10.5 Å². The molecule has 0 saturated heterocycles. The summed E-state index contributed by atoms with van der Waals surface area (Å²) in [5, 5.41) is 2.17. The summed E-state index contributed by atoms with van der Waals surface area (Å²) in [5.41, 5.74) is 0. The Morgan fingerprint density at radius 1 is 0.362 bits per heavy atom. The second kappa shape index (κ2) is 19.1. The smallest absolute Gasteiger partial charge is 0.196 e. The Morgan fingerprint density at radius 2 is 0.638 bits per heavy atom. The first kappa shape index (κ1) is 40.4. The number of fused-ring (bicyclic) bond motifs is 3. The van der Waals surface area contributed by atoms with E-state index in [1.54, 1.807) is 0 Å². The monoisotopic (exact) mass is 801 g/mol. The van der Waals surface area contributed by atoms with Gasteiger partial charge in [-0.15, -0.1) is 0 Å². The van der Waals surface area contributed by atoms with Crippen molar-refractivity contribution in [2.75, 3.05) is 19.8 Å². The van der Waals surface area contributed by atoms with Crippen LogP contribution in [0.25, 0.3) is 25.1 Å². The molecule has 300 valence electrons. The summed E-state index contributed by atoms with van der Waals surface area (Å²) in [6.07, 6.45) is -0.998. The zero-order valence-electron chi connectivity index (χ0n) is 33.6. The Hall–Kier alpha value is -5.78. The van der Waals surface area contributed by atoms with Crippen LogP contribution in [0.15, 0.2) is 133 Å². The molecule has 0 radical (unpaired) electrons. The van der Waals surface area contributed by atoms with Crippen molar-refractivity contribution in [3.63, 3.8) is 0 Å². The fourth-order valence-corrected chi connectivity index (χ4v) is 8.83. The van der Waals surface area contributed by atoms with Crippen molar-refractivity contribution in [3.8, 4) is 56.6 Å². The molecule has 7 aromatic rings. The molecule has 0 bridgehead atoms. The lowest BCUT2D eigenvalue weighted by atomic mass is 10.1. The second-order valence-corrected chi connectivity index (χ2v) is 15.2. The predicted octanol–water partition coefficient (Wildman–Crippen LogP) is 13.4. The molecule has 10 heteroatoms. The van der Waals surface area contributed by atoms with Gasteiger partial charge < -0.3 is 42.6 Å². The van der Waals surface area contributed by atoms with E-state index < -0.39 is 0 Å². The van der Waals surface area contributed by atoms with E-state index in [-0.39, 0.29) is 29.3 Å². The van der Waals surface area contributed by atoms with Crippen molar-refractivity contribution >= 4 is 30.6 Å². The van der Waals surface area contributed by atoms with Gasteiger partial charge in [-0.3, -0.25) is 0 Å². The third kappa shape index (κ3) is 10.2. The van der Waals surface area contributed by atoms with Crippen LogP contribution in [0.5, 0.6) is 51.7 Å². The lowest BCUT2D eigenvalue weighted by molar-refractivity contribution is -0.0616. The van der Waals surface area contributed by atoms with Gasteiger partial charge in [0.05, 0.1) is 10.8 Å². The summed E-state index contributed by atoms with van der Waals surface area (Å²) >= 11 is 0. The summed E-state index contributed by atoms with van der Waals surface area (Å²) in [6.45, 7) is 13.2. The van der Waals surface area contributed by atoms with E-state index in [2.05, 4.69) is 36.4 Å². The van der Waals surface area contributed by atoms with Gasteiger partial charge in [0.2, 0.25) is 0 Å². The molecule has 0 spiro atoms. The van der Waals surface area contributed by atoms with Gasteiger partial charge in [0, 0.05) is 54.6 Å². The Labute approximate surface area is 342 Å². The van der Waals surface area contributed by atoms with E-state index in [0.717, 1.165) is 38.7 Å². The molecular formula is C48H49O9S+. The van der Waals surface area contributed by atoms with Gasteiger partial charge >= 0.3 is 0 Å². The summed E-state index contributed by atoms with van der Waals surface area (Å²) in [5.74, 6) is 6.44. The molecule has 3 unspecified atom stereocenters. The topological polar surface area (TPSA) is 83.1 Å². The van der Waals surface area contributed by atoms with E-state index in [1.807, 2.05) is 139 Å². The number of benzene rings is 6. The molecule has 0 fully saturated rings. The van der Waals surface area contributed by atoms with E-state index >= 15 is 0 Å². The molecule has 7 rings (SSSR count). The van der Waals surface area contributed by atoms with Gasteiger partial charge in [-0.2, -0.15) is 0 Å². The first-order valence-electron chi connectivity index (χ1n) is 19.6. The van der Waals surface area contributed by atoms with Crippen LogP contribution < -0.4 is 28.4 Å². The molecule has 0 aliphatic rings. The average Bonchev–Trinajstić information content (AvgIpc) is 3.53. The summed E-state index contributed by atoms with van der Waals surface area (Å²) < 4.78 is 55.4. The summed E-state index contributed by atoms with van der Waals surface area (Å²) in [7, 11) is -0.389. The fraction of sp³-hybridized carbons (Fsp3) is 0.250. The first-order chi connectivity index (χ1) is 28.3. The lowest BCUT2D eigenvalue weighted by Crippen LogP contribution is -2.15. The zero-order valence-corrected chi connectivity index (χ0v) is 34.5. The Kier molecular flexibility index (Phi) is 13.3. The van der Waals surface area contributed by atoms with Crippen molar-refractivity contribution in [1.29, 1.82) is 0 Å². The quantitative estimate of drug-likeness (QED) is 0.0586. The van der Waals surface area contributed by atoms with Crippen LogP contribution in [0.4, 0.5) is 0 Å². The SMILES string of the molecule is CCOC(C)Oc1ccc(Oc2ccc(-[s+]3c4ccc(Oc5ccc(OC(C)OCC)cc5)cc4c4cc(Oc5ccc(OC(C)OCC)cc5)ccc43)cc2)cc1. The van der Waals surface area contributed by atoms with E-state index in [9.17, 15) is 0 Å². The molecule has 0 saturated carbocycles. The van der Waals surface area contributed by atoms with Gasteiger partial charge in [-0.05, 0) is 151 Å². The normalized spacial score (nSPS) is 13.2. The number of hydrogen-bond donors (Lipinski definition) is 0. The Morgan fingerprint density at radius 3 is 0.966 bits per heavy atom. The Balaban J connectivity index is 1.17. The zero-order chi connectivity index (χ0) is 40.4. The average molecular weight is 802 g/mol. The predicted molar refractivity (Wildman–Crippen MR) is 230 cm³/mol. The molecule has 6 aromatic carbocycles. The number of hydrogen-bond acceptors (Lipinski definition) is 9. The highest BCUT2D eigenvalue weighted by Crippen LogP contribution is 2.51. The number of rotatable bonds is 19. The molecule has 0 aliphatic carbocycles. The molecule has 0 aliphatic heterocycles. The van der Waals surface area contributed by atoms with E-state index in [1.165, 1.54) is 9.40 Å².